The number of methoxy groups -OCH3 is 1. The molecule has 2 atom stereocenters. The summed E-state index contributed by atoms with van der Waals surface area (Å²) in [6.07, 6.45) is 0.359. The minimum atomic E-state index is -0.988. The van der Waals surface area contributed by atoms with E-state index in [1.807, 2.05) is 0 Å². The summed E-state index contributed by atoms with van der Waals surface area (Å²) in [7, 11) is 1.47. The molecule has 1 fully saturated rings. The van der Waals surface area contributed by atoms with Crippen LogP contribution >= 0.6 is 15.9 Å². The first kappa shape index (κ1) is 25.1. The highest BCUT2D eigenvalue weighted by Gasteiger charge is 2.24. The zero-order valence-electron chi connectivity index (χ0n) is 19.1. The average Bonchev–Trinajstić information content (AvgIpc) is 2.77. The molecule has 2 unspecified atom stereocenters. The SMILES string of the molecule is COc1cc2c(Nc3ccc(Br)cc3F)ncnc2cc1OCC(O)CC(O)CC(=O)N1CCC1. The molecule has 1 saturated heterocycles. The molecule has 0 aliphatic carbocycles. The predicted molar refractivity (Wildman–Crippen MR) is 131 cm³/mol. The molecule has 3 N–H and O–H groups in total. The monoisotopic (exact) mass is 548 g/mol. The third-order valence-electron chi connectivity index (χ3n) is 5.70. The fourth-order valence-corrected chi connectivity index (χ4v) is 4.04. The Morgan fingerprint density at radius 3 is 2.69 bits per heavy atom. The van der Waals surface area contributed by atoms with E-state index in [2.05, 4.69) is 31.2 Å². The Balaban J connectivity index is 1.44. The average molecular weight is 549 g/mol. The standard InChI is InChI=1S/C24H26BrFN4O5/c1-34-21-10-17-20(27-13-28-24(17)29-19-4-3-14(25)7-18(19)26)11-22(21)35-12-16(32)8-15(31)9-23(33)30-5-2-6-30/h3-4,7,10-11,13,15-16,31-32H,2,5-6,8-9,12H2,1H3,(H,27,28,29). The Kier molecular flexibility index (Phi) is 7.99. The number of anilines is 2. The van der Waals surface area contributed by atoms with E-state index in [0.29, 0.717) is 32.7 Å². The van der Waals surface area contributed by atoms with Gasteiger partial charge in [0.2, 0.25) is 5.91 Å². The number of fused-ring (bicyclic) bond motifs is 1. The molecule has 11 heteroatoms. The van der Waals surface area contributed by atoms with Crippen LogP contribution in [0.4, 0.5) is 15.9 Å². The van der Waals surface area contributed by atoms with Gasteiger partial charge in [0.05, 0.1) is 36.9 Å². The number of aromatic nitrogens is 2. The van der Waals surface area contributed by atoms with Crippen molar-refractivity contribution in [3.8, 4) is 11.5 Å². The molecule has 1 aliphatic rings. The Hall–Kier alpha value is -3.02. The Morgan fingerprint density at radius 1 is 1.20 bits per heavy atom. The van der Waals surface area contributed by atoms with E-state index in [-0.39, 0.29) is 31.0 Å². The number of hydrogen-bond donors (Lipinski definition) is 3. The van der Waals surface area contributed by atoms with Crippen LogP contribution in [0.2, 0.25) is 0 Å². The highest BCUT2D eigenvalue weighted by molar-refractivity contribution is 9.10. The van der Waals surface area contributed by atoms with E-state index in [0.717, 1.165) is 19.5 Å². The quantitative estimate of drug-likeness (QED) is 0.353. The maximum Gasteiger partial charge on any atom is 0.225 e. The highest BCUT2D eigenvalue weighted by Crippen LogP contribution is 2.35. The Labute approximate surface area is 210 Å². The predicted octanol–water partition coefficient (Wildman–Crippen LogP) is 3.40. The van der Waals surface area contributed by atoms with E-state index >= 15 is 0 Å². The van der Waals surface area contributed by atoms with Crippen LogP contribution in [0.3, 0.4) is 0 Å². The fourth-order valence-electron chi connectivity index (χ4n) is 3.70. The molecular weight excluding hydrogens is 523 g/mol. The van der Waals surface area contributed by atoms with Crippen molar-refractivity contribution in [3.05, 3.63) is 46.9 Å². The second-order valence-electron chi connectivity index (χ2n) is 8.28. The van der Waals surface area contributed by atoms with Crippen molar-refractivity contribution in [2.45, 2.75) is 31.5 Å². The van der Waals surface area contributed by atoms with Gasteiger partial charge in [0.1, 0.15) is 24.6 Å². The molecule has 0 spiro atoms. The van der Waals surface area contributed by atoms with Crippen molar-refractivity contribution >= 4 is 44.2 Å². The second-order valence-corrected chi connectivity index (χ2v) is 9.20. The van der Waals surface area contributed by atoms with Gasteiger partial charge in [0, 0.05) is 35.4 Å². The Morgan fingerprint density at radius 2 is 2.00 bits per heavy atom. The molecule has 2 heterocycles. The third-order valence-corrected chi connectivity index (χ3v) is 6.19. The maximum absolute atomic E-state index is 14.3. The van der Waals surface area contributed by atoms with Crippen molar-refractivity contribution in [1.29, 1.82) is 0 Å². The number of halogens is 2. The van der Waals surface area contributed by atoms with Crippen molar-refractivity contribution < 1.29 is 28.9 Å². The number of aliphatic hydroxyl groups excluding tert-OH is 2. The number of likely N-dealkylation sites (tertiary alicyclic amines) is 1. The lowest BCUT2D eigenvalue weighted by Gasteiger charge is -2.31. The number of carbonyl (C=O) groups excluding carboxylic acids is 1. The third kappa shape index (κ3) is 6.16. The molecule has 4 rings (SSSR count). The summed E-state index contributed by atoms with van der Waals surface area (Å²) >= 11 is 3.24. The molecule has 35 heavy (non-hydrogen) atoms. The largest absolute Gasteiger partial charge is 0.493 e. The van der Waals surface area contributed by atoms with Gasteiger partial charge in [0.25, 0.3) is 0 Å². The van der Waals surface area contributed by atoms with Gasteiger partial charge in [-0.2, -0.15) is 0 Å². The lowest BCUT2D eigenvalue weighted by Crippen LogP contribution is -2.43. The molecule has 3 aromatic rings. The van der Waals surface area contributed by atoms with Gasteiger partial charge in [0.15, 0.2) is 11.5 Å². The molecule has 186 valence electrons. The summed E-state index contributed by atoms with van der Waals surface area (Å²) in [6.45, 7) is 1.33. The first-order valence-electron chi connectivity index (χ1n) is 11.2. The molecular formula is C24H26BrFN4O5. The van der Waals surface area contributed by atoms with Crippen LogP contribution in [0.15, 0.2) is 41.1 Å². The summed E-state index contributed by atoms with van der Waals surface area (Å²) < 4.78 is 26.1. The van der Waals surface area contributed by atoms with Crippen molar-refractivity contribution in [1.82, 2.24) is 14.9 Å². The van der Waals surface area contributed by atoms with E-state index in [9.17, 15) is 19.4 Å². The first-order valence-corrected chi connectivity index (χ1v) is 11.9. The number of aliphatic hydroxyl groups is 2. The lowest BCUT2D eigenvalue weighted by atomic mass is 10.1. The van der Waals surface area contributed by atoms with Crippen LogP contribution < -0.4 is 14.8 Å². The summed E-state index contributed by atoms with van der Waals surface area (Å²) in [5.74, 6) is 0.536. The van der Waals surface area contributed by atoms with Crippen LogP contribution in [-0.2, 0) is 4.79 Å². The summed E-state index contributed by atoms with van der Waals surface area (Å²) in [6, 6.07) is 7.95. The van der Waals surface area contributed by atoms with Crippen LogP contribution in [-0.4, -0.2) is 70.0 Å². The molecule has 2 aromatic carbocycles. The second kappa shape index (κ2) is 11.1. The van der Waals surface area contributed by atoms with Crippen LogP contribution in [0.1, 0.15) is 19.3 Å². The van der Waals surface area contributed by atoms with Gasteiger partial charge < -0.3 is 29.9 Å². The van der Waals surface area contributed by atoms with Crippen LogP contribution in [0, 0.1) is 5.82 Å². The highest BCUT2D eigenvalue weighted by atomic mass is 79.9. The number of hydrogen-bond acceptors (Lipinski definition) is 8. The number of nitrogens with one attached hydrogen (secondary N) is 1. The molecule has 0 radical (unpaired) electrons. The number of rotatable bonds is 10. The number of ether oxygens (including phenoxy) is 2. The van der Waals surface area contributed by atoms with Gasteiger partial charge in [-0.05, 0) is 30.7 Å². The van der Waals surface area contributed by atoms with E-state index in [1.54, 1.807) is 29.2 Å². The van der Waals surface area contributed by atoms with Gasteiger partial charge in [-0.1, -0.05) is 15.9 Å². The van der Waals surface area contributed by atoms with Gasteiger partial charge in [-0.25, -0.2) is 14.4 Å². The topological polar surface area (TPSA) is 117 Å². The maximum atomic E-state index is 14.3. The molecule has 1 aromatic heterocycles. The van der Waals surface area contributed by atoms with Gasteiger partial charge in [-0.15, -0.1) is 0 Å². The van der Waals surface area contributed by atoms with Crippen LogP contribution in [0.25, 0.3) is 10.9 Å². The lowest BCUT2D eigenvalue weighted by molar-refractivity contribution is -0.137. The van der Waals surface area contributed by atoms with Crippen molar-refractivity contribution in [3.63, 3.8) is 0 Å². The fraction of sp³-hybridized carbons (Fsp3) is 0.375. The molecule has 1 aliphatic heterocycles. The molecule has 0 saturated carbocycles. The van der Waals surface area contributed by atoms with Crippen LogP contribution in [0.5, 0.6) is 11.5 Å². The zero-order chi connectivity index (χ0) is 24.9. The summed E-state index contributed by atoms with van der Waals surface area (Å²) in [4.78, 5) is 22.2. The number of carbonyl (C=O) groups is 1. The number of amides is 1. The first-order chi connectivity index (χ1) is 16.8. The van der Waals surface area contributed by atoms with Crippen molar-refractivity contribution in [2.75, 3.05) is 32.1 Å². The Bertz CT molecular complexity index is 1210. The summed E-state index contributed by atoms with van der Waals surface area (Å²) in [5.41, 5.74) is 0.771. The molecule has 1 amide bonds. The number of nitrogens with zero attached hydrogens (tertiary/aromatic N) is 3. The normalized spacial score (nSPS) is 14.8. The molecule has 9 nitrogen and oxygen atoms in total. The number of benzene rings is 2. The van der Waals surface area contributed by atoms with E-state index in [4.69, 9.17) is 9.47 Å². The summed E-state index contributed by atoms with van der Waals surface area (Å²) in [5, 5.41) is 24.0. The minimum absolute atomic E-state index is 0.00443. The van der Waals surface area contributed by atoms with Gasteiger partial charge in [-0.3, -0.25) is 4.79 Å². The smallest absolute Gasteiger partial charge is 0.225 e. The van der Waals surface area contributed by atoms with E-state index in [1.165, 1.54) is 19.5 Å². The zero-order valence-corrected chi connectivity index (χ0v) is 20.7. The van der Waals surface area contributed by atoms with Gasteiger partial charge >= 0.3 is 0 Å². The van der Waals surface area contributed by atoms with Crippen molar-refractivity contribution in [2.24, 2.45) is 0 Å². The van der Waals surface area contributed by atoms with E-state index < -0.39 is 18.0 Å². The molecule has 0 bridgehead atoms. The minimum Gasteiger partial charge on any atom is -0.493 e.